The van der Waals surface area contributed by atoms with Crippen LogP contribution in [0.4, 0.5) is 0 Å². The Labute approximate surface area is 460 Å². The molecule has 6 nitrogen and oxygen atoms in total. The standard InChI is InChI=1S/C72H46N4O2P2/c77-79(47-23-3-1-4-24-47)69-43-65(73-57-35-15-7-27-49(57)50-28-8-16-36-58(50)73)67(75-61-39-19-11-31-53(61)54-32-12-20-40-62(54)75)45-71(69)80(78,48-25-5-2-6-26-48)72-46-68(76-63-41-21-13-33-55(63)56-34-14-22-42-64(56)76)66(44-70(72)79)74-59-37-17-9-29-51(59)52-30-10-18-38-60(52)74/h1-46H. The first kappa shape index (κ1) is 45.3. The van der Waals surface area contributed by atoms with Crippen LogP contribution in [0, 0.1) is 0 Å². The Morgan fingerprint density at radius 1 is 0.200 bits per heavy atom. The van der Waals surface area contributed by atoms with Gasteiger partial charge in [-0.25, -0.2) is 0 Å². The van der Waals surface area contributed by atoms with Gasteiger partial charge in [-0.1, -0.05) is 206 Å². The van der Waals surface area contributed by atoms with Crippen molar-refractivity contribution in [3.8, 4) is 22.7 Å². The zero-order chi connectivity index (χ0) is 52.8. The van der Waals surface area contributed by atoms with Crippen LogP contribution in [0.25, 0.3) is 110 Å². The van der Waals surface area contributed by atoms with Crippen molar-refractivity contribution in [3.63, 3.8) is 0 Å². The molecule has 12 aromatic carbocycles. The lowest BCUT2D eigenvalue weighted by molar-refractivity contribution is 0.589. The van der Waals surface area contributed by atoms with Crippen LogP contribution in [0.5, 0.6) is 0 Å². The Bertz CT molecular complexity index is 4560. The van der Waals surface area contributed by atoms with E-state index in [0.29, 0.717) is 31.8 Å². The van der Waals surface area contributed by atoms with E-state index in [0.717, 1.165) is 110 Å². The van der Waals surface area contributed by atoms with Crippen LogP contribution in [0.3, 0.4) is 0 Å². The molecule has 1 aliphatic heterocycles. The van der Waals surface area contributed by atoms with Gasteiger partial charge in [-0.15, -0.1) is 0 Å². The third kappa shape index (κ3) is 6.04. The molecule has 4 aromatic heterocycles. The molecule has 5 heterocycles. The molecule has 0 amide bonds. The fourth-order valence-corrected chi connectivity index (χ4v) is 20.9. The molecular formula is C72H46N4O2P2. The lowest BCUT2D eigenvalue weighted by Gasteiger charge is -2.37. The Hall–Kier alpha value is -9.70. The number of para-hydroxylation sites is 8. The molecule has 1 aliphatic rings. The van der Waals surface area contributed by atoms with E-state index < -0.39 is 14.3 Å². The lowest BCUT2D eigenvalue weighted by Crippen LogP contribution is -2.49. The largest absolute Gasteiger partial charge is 0.309 e. The van der Waals surface area contributed by atoms with E-state index in [1.165, 1.54) is 0 Å². The van der Waals surface area contributed by atoms with Crippen LogP contribution in [0.1, 0.15) is 0 Å². The summed E-state index contributed by atoms with van der Waals surface area (Å²) in [5, 5.41) is 12.4. The molecule has 0 saturated carbocycles. The summed E-state index contributed by atoms with van der Waals surface area (Å²) in [6.07, 6.45) is 0. The van der Waals surface area contributed by atoms with Gasteiger partial charge in [-0.05, 0) is 72.8 Å². The maximum atomic E-state index is 18.4. The summed E-state index contributed by atoms with van der Waals surface area (Å²) >= 11 is 0. The van der Waals surface area contributed by atoms with Gasteiger partial charge in [-0.3, -0.25) is 0 Å². The molecule has 0 spiro atoms. The maximum Gasteiger partial charge on any atom is 0.172 e. The van der Waals surface area contributed by atoms with Gasteiger partial charge in [-0.2, -0.15) is 0 Å². The summed E-state index contributed by atoms with van der Waals surface area (Å²) in [5.74, 6) is 0. The minimum atomic E-state index is -4.05. The SMILES string of the molecule is O=P1(c2ccccc2)c2cc(-n3c4ccccc4c4ccccc43)c(-n3c4ccccc4c4ccccc43)cc2P(=O)(c2ccccc2)c2cc(-n3c4ccccc4c4ccccc43)c(-n3c4ccccc4c4ccccc43)cc21. The molecule has 0 fully saturated rings. The van der Waals surface area contributed by atoms with Crippen molar-refractivity contribution in [3.05, 3.63) is 279 Å². The molecule has 80 heavy (non-hydrogen) atoms. The van der Waals surface area contributed by atoms with E-state index in [2.05, 4.69) is 237 Å². The van der Waals surface area contributed by atoms with E-state index >= 15 is 9.13 Å². The smallest absolute Gasteiger partial charge is 0.172 e. The number of benzene rings is 12. The van der Waals surface area contributed by atoms with Crippen LogP contribution in [0.15, 0.2) is 279 Å². The molecule has 0 atom stereocenters. The highest BCUT2D eigenvalue weighted by molar-refractivity contribution is 7.95. The highest BCUT2D eigenvalue weighted by Crippen LogP contribution is 2.57. The predicted octanol–water partition coefficient (Wildman–Crippen LogP) is 15.7. The van der Waals surface area contributed by atoms with Crippen LogP contribution >= 0.6 is 14.3 Å². The van der Waals surface area contributed by atoms with Crippen LogP contribution in [-0.4, -0.2) is 18.3 Å². The summed E-state index contributed by atoms with van der Waals surface area (Å²) in [4.78, 5) is 0. The molecular weight excluding hydrogens is 1010 g/mol. The molecule has 0 saturated heterocycles. The number of hydrogen-bond acceptors (Lipinski definition) is 2. The number of aromatic nitrogens is 4. The maximum absolute atomic E-state index is 18.4. The predicted molar refractivity (Wildman–Crippen MR) is 336 cm³/mol. The molecule has 0 aliphatic carbocycles. The zero-order valence-electron chi connectivity index (χ0n) is 43.1. The second-order valence-corrected chi connectivity index (χ2v) is 26.4. The van der Waals surface area contributed by atoms with Gasteiger partial charge in [0.25, 0.3) is 0 Å². The van der Waals surface area contributed by atoms with Crippen molar-refractivity contribution in [1.29, 1.82) is 0 Å². The topological polar surface area (TPSA) is 53.9 Å². The van der Waals surface area contributed by atoms with Gasteiger partial charge in [0.15, 0.2) is 14.3 Å². The molecule has 17 rings (SSSR count). The van der Waals surface area contributed by atoms with Gasteiger partial charge in [0.1, 0.15) is 0 Å². The Morgan fingerprint density at radius 3 is 0.550 bits per heavy atom. The number of nitrogens with zero attached hydrogens (tertiary/aromatic N) is 4. The fourth-order valence-electron chi connectivity index (χ4n) is 13.7. The lowest BCUT2D eigenvalue weighted by atomic mass is 10.2. The number of fused-ring (bicyclic) bond motifs is 14. The quantitative estimate of drug-likeness (QED) is 0.156. The van der Waals surface area contributed by atoms with E-state index in [1.807, 2.05) is 60.7 Å². The second kappa shape index (κ2) is 16.9. The first-order valence-electron chi connectivity index (χ1n) is 27.1. The van der Waals surface area contributed by atoms with Crippen LogP contribution in [-0.2, 0) is 9.13 Å². The summed E-state index contributed by atoms with van der Waals surface area (Å²) in [6, 6.07) is 97.1. The van der Waals surface area contributed by atoms with E-state index in [1.54, 1.807) is 0 Å². The highest BCUT2D eigenvalue weighted by Gasteiger charge is 2.50. The van der Waals surface area contributed by atoms with Gasteiger partial charge in [0.05, 0.1) is 66.9 Å². The van der Waals surface area contributed by atoms with E-state index in [4.69, 9.17) is 0 Å². The number of rotatable bonds is 6. The van der Waals surface area contributed by atoms with Gasteiger partial charge >= 0.3 is 0 Å². The van der Waals surface area contributed by atoms with Crippen molar-refractivity contribution in [2.45, 2.75) is 0 Å². The molecule has 0 bridgehead atoms. The Kier molecular flexibility index (Phi) is 9.58. The molecule has 16 aromatic rings. The average Bonchev–Trinajstić information content (AvgIpc) is 4.30. The molecule has 0 N–H and O–H groups in total. The van der Waals surface area contributed by atoms with Crippen LogP contribution in [0.2, 0.25) is 0 Å². The number of hydrogen-bond donors (Lipinski definition) is 0. The normalized spacial score (nSPS) is 16.2. The average molecular weight is 1060 g/mol. The summed E-state index contributed by atoms with van der Waals surface area (Å²) in [6.45, 7) is 0. The van der Waals surface area contributed by atoms with Crippen molar-refractivity contribution in [1.82, 2.24) is 18.3 Å². The monoisotopic (exact) mass is 1060 g/mol. The fraction of sp³-hybridized carbons (Fsp3) is 0. The molecule has 0 radical (unpaired) electrons. The minimum Gasteiger partial charge on any atom is -0.309 e. The van der Waals surface area contributed by atoms with Crippen molar-refractivity contribution in [2.24, 2.45) is 0 Å². The van der Waals surface area contributed by atoms with E-state index in [9.17, 15) is 0 Å². The van der Waals surface area contributed by atoms with Gasteiger partial charge in [0.2, 0.25) is 0 Å². The van der Waals surface area contributed by atoms with Gasteiger partial charge in [0, 0.05) is 74.9 Å². The van der Waals surface area contributed by atoms with Crippen molar-refractivity contribution >= 4 is 133 Å². The van der Waals surface area contributed by atoms with Crippen molar-refractivity contribution in [2.75, 3.05) is 0 Å². The highest BCUT2D eigenvalue weighted by atomic mass is 31.2. The Morgan fingerprint density at radius 2 is 0.362 bits per heavy atom. The van der Waals surface area contributed by atoms with E-state index in [-0.39, 0.29) is 0 Å². The summed E-state index contributed by atoms with van der Waals surface area (Å²) in [7, 11) is -8.10. The summed E-state index contributed by atoms with van der Waals surface area (Å²) < 4.78 is 46.2. The van der Waals surface area contributed by atoms with Gasteiger partial charge < -0.3 is 27.4 Å². The molecule has 376 valence electrons. The minimum absolute atomic E-state index is 0.558. The molecule has 8 heteroatoms. The molecule has 0 unspecified atom stereocenters. The first-order valence-corrected chi connectivity index (χ1v) is 30.6. The third-order valence-electron chi connectivity index (χ3n) is 17.0. The third-order valence-corrected chi connectivity index (χ3v) is 23.6. The van der Waals surface area contributed by atoms with Crippen molar-refractivity contribution < 1.29 is 9.13 Å². The first-order chi connectivity index (χ1) is 39.5. The second-order valence-electron chi connectivity index (χ2n) is 21.0. The van der Waals surface area contributed by atoms with Crippen LogP contribution < -0.4 is 31.8 Å². The Balaban J connectivity index is 1.10. The zero-order valence-corrected chi connectivity index (χ0v) is 44.8. The summed E-state index contributed by atoms with van der Waals surface area (Å²) in [5.41, 5.74) is 11.4.